The Kier molecular flexibility index (Phi) is 4.81. The maximum atomic E-state index is 12.4. The number of nitro groups is 1. The van der Waals surface area contributed by atoms with Crippen LogP contribution in [0.25, 0.3) is 0 Å². The molecule has 1 aromatic rings. The first kappa shape index (κ1) is 16.4. The fourth-order valence-electron chi connectivity index (χ4n) is 2.84. The van der Waals surface area contributed by atoms with Crippen molar-refractivity contribution in [1.29, 1.82) is 0 Å². The minimum absolute atomic E-state index is 0.0998. The zero-order chi connectivity index (χ0) is 16.3. The molecule has 120 valence electrons. The third kappa shape index (κ3) is 3.62. The van der Waals surface area contributed by atoms with Gasteiger partial charge in [0.1, 0.15) is 5.60 Å². The van der Waals surface area contributed by atoms with Gasteiger partial charge in [0, 0.05) is 18.1 Å². The Morgan fingerprint density at radius 1 is 1.36 bits per heavy atom. The Morgan fingerprint density at radius 3 is 2.59 bits per heavy atom. The predicted molar refractivity (Wildman–Crippen MR) is 82.9 cm³/mol. The van der Waals surface area contributed by atoms with Crippen molar-refractivity contribution in [3.8, 4) is 0 Å². The van der Waals surface area contributed by atoms with Crippen molar-refractivity contribution in [2.75, 3.05) is 13.1 Å². The van der Waals surface area contributed by atoms with Gasteiger partial charge in [0.2, 0.25) is 0 Å². The Labute approximate surface area is 130 Å². The van der Waals surface area contributed by atoms with Crippen LogP contribution in [0.5, 0.6) is 0 Å². The molecule has 1 aromatic carbocycles. The summed E-state index contributed by atoms with van der Waals surface area (Å²) in [4.78, 5) is 22.8. The Morgan fingerprint density at radius 2 is 2.00 bits per heavy atom. The number of piperidine rings is 1. The number of ether oxygens (including phenoxy) is 1. The van der Waals surface area contributed by atoms with Gasteiger partial charge in [-0.2, -0.15) is 0 Å². The summed E-state index contributed by atoms with van der Waals surface area (Å²) >= 11 is 0. The molecule has 0 spiro atoms. The molecule has 1 saturated heterocycles. The van der Waals surface area contributed by atoms with Crippen molar-refractivity contribution in [1.82, 2.24) is 5.32 Å². The lowest BCUT2D eigenvalue weighted by atomic mass is 9.83. The van der Waals surface area contributed by atoms with E-state index in [9.17, 15) is 14.9 Å². The van der Waals surface area contributed by atoms with Crippen molar-refractivity contribution in [2.45, 2.75) is 39.2 Å². The average Bonchev–Trinajstić information content (AvgIpc) is 2.47. The minimum Gasteiger partial charge on any atom is -0.456 e. The van der Waals surface area contributed by atoms with Crippen molar-refractivity contribution >= 4 is 11.7 Å². The number of hydrogen-bond acceptors (Lipinski definition) is 5. The van der Waals surface area contributed by atoms with Crippen molar-refractivity contribution in [3.05, 3.63) is 39.4 Å². The summed E-state index contributed by atoms with van der Waals surface area (Å²) in [7, 11) is 0. The number of esters is 1. The third-order valence-electron chi connectivity index (χ3n) is 4.33. The highest BCUT2D eigenvalue weighted by molar-refractivity contribution is 5.92. The highest BCUT2D eigenvalue weighted by Crippen LogP contribution is 2.30. The first-order valence-electron chi connectivity index (χ1n) is 7.50. The van der Waals surface area contributed by atoms with Gasteiger partial charge < -0.3 is 10.1 Å². The SMILES string of the molecule is Cc1ccc([N+](=O)[O-])cc1C(=O)OC(C)(C)C1CCNCC1. The second-order valence-electron chi connectivity index (χ2n) is 6.27. The van der Waals surface area contributed by atoms with Crippen LogP contribution in [0.15, 0.2) is 18.2 Å². The summed E-state index contributed by atoms with van der Waals surface area (Å²) in [5.41, 5.74) is 0.251. The number of rotatable bonds is 4. The standard InChI is InChI=1S/C16H22N2O4/c1-11-4-5-13(18(20)21)10-14(11)15(19)22-16(2,3)12-6-8-17-9-7-12/h4-5,10,12,17H,6-9H2,1-3H3. The first-order valence-corrected chi connectivity index (χ1v) is 7.50. The van der Waals surface area contributed by atoms with Crippen molar-refractivity contribution in [2.24, 2.45) is 5.92 Å². The summed E-state index contributed by atoms with van der Waals surface area (Å²) in [5.74, 6) is -0.207. The van der Waals surface area contributed by atoms with Gasteiger partial charge in [-0.05, 0) is 52.3 Å². The molecular weight excluding hydrogens is 284 g/mol. The Balaban J connectivity index is 2.17. The molecular formula is C16H22N2O4. The van der Waals surface area contributed by atoms with E-state index in [0.717, 1.165) is 25.9 Å². The number of non-ortho nitro benzene ring substituents is 1. The summed E-state index contributed by atoms with van der Waals surface area (Å²) in [6, 6.07) is 4.26. The third-order valence-corrected chi connectivity index (χ3v) is 4.33. The lowest BCUT2D eigenvalue weighted by Gasteiger charge is -2.36. The normalized spacial score (nSPS) is 16.3. The molecule has 1 heterocycles. The lowest BCUT2D eigenvalue weighted by molar-refractivity contribution is -0.384. The van der Waals surface area contributed by atoms with Gasteiger partial charge in [0.05, 0.1) is 10.5 Å². The topological polar surface area (TPSA) is 81.5 Å². The zero-order valence-corrected chi connectivity index (χ0v) is 13.2. The number of nitrogens with zero attached hydrogens (tertiary/aromatic N) is 1. The van der Waals surface area contributed by atoms with Crippen LogP contribution >= 0.6 is 0 Å². The molecule has 22 heavy (non-hydrogen) atoms. The van der Waals surface area contributed by atoms with E-state index in [1.54, 1.807) is 13.0 Å². The van der Waals surface area contributed by atoms with E-state index >= 15 is 0 Å². The molecule has 1 N–H and O–H groups in total. The summed E-state index contributed by atoms with van der Waals surface area (Å²) < 4.78 is 5.69. The van der Waals surface area contributed by atoms with Crippen LogP contribution in [-0.2, 0) is 4.74 Å². The van der Waals surface area contributed by atoms with E-state index in [-0.39, 0.29) is 17.2 Å². The number of benzene rings is 1. The fourth-order valence-corrected chi connectivity index (χ4v) is 2.84. The van der Waals surface area contributed by atoms with Gasteiger partial charge in [-0.25, -0.2) is 4.79 Å². The second kappa shape index (κ2) is 6.44. The number of nitrogens with one attached hydrogen (secondary N) is 1. The fraction of sp³-hybridized carbons (Fsp3) is 0.562. The van der Waals surface area contributed by atoms with E-state index < -0.39 is 16.5 Å². The number of nitro benzene ring substituents is 1. The maximum absolute atomic E-state index is 12.4. The van der Waals surface area contributed by atoms with Crippen LogP contribution in [0.1, 0.15) is 42.6 Å². The van der Waals surface area contributed by atoms with Crippen LogP contribution in [-0.4, -0.2) is 29.6 Å². The van der Waals surface area contributed by atoms with E-state index in [1.165, 1.54) is 12.1 Å². The smallest absolute Gasteiger partial charge is 0.339 e. The molecule has 1 aliphatic rings. The van der Waals surface area contributed by atoms with Gasteiger partial charge in [0.15, 0.2) is 0 Å². The van der Waals surface area contributed by atoms with E-state index in [0.29, 0.717) is 5.56 Å². The second-order valence-corrected chi connectivity index (χ2v) is 6.27. The van der Waals surface area contributed by atoms with Gasteiger partial charge >= 0.3 is 5.97 Å². The number of carbonyl (C=O) groups excluding carboxylic acids is 1. The molecule has 0 atom stereocenters. The van der Waals surface area contributed by atoms with E-state index in [2.05, 4.69) is 5.32 Å². The van der Waals surface area contributed by atoms with E-state index in [4.69, 9.17) is 4.74 Å². The van der Waals surface area contributed by atoms with Gasteiger partial charge in [-0.15, -0.1) is 0 Å². The van der Waals surface area contributed by atoms with Crippen LogP contribution in [0, 0.1) is 23.0 Å². The van der Waals surface area contributed by atoms with Gasteiger partial charge in [-0.3, -0.25) is 10.1 Å². The molecule has 6 nitrogen and oxygen atoms in total. The first-order chi connectivity index (χ1) is 10.3. The quantitative estimate of drug-likeness (QED) is 0.525. The maximum Gasteiger partial charge on any atom is 0.339 e. The molecule has 0 aromatic heterocycles. The van der Waals surface area contributed by atoms with Crippen LogP contribution in [0.2, 0.25) is 0 Å². The lowest BCUT2D eigenvalue weighted by Crippen LogP contribution is -2.42. The molecule has 0 radical (unpaired) electrons. The van der Waals surface area contributed by atoms with Gasteiger partial charge in [-0.1, -0.05) is 6.07 Å². The highest BCUT2D eigenvalue weighted by atomic mass is 16.6. The van der Waals surface area contributed by atoms with Crippen molar-refractivity contribution in [3.63, 3.8) is 0 Å². The molecule has 6 heteroatoms. The molecule has 0 saturated carbocycles. The minimum atomic E-state index is -0.587. The highest BCUT2D eigenvalue weighted by Gasteiger charge is 2.34. The van der Waals surface area contributed by atoms with Crippen molar-refractivity contribution < 1.29 is 14.5 Å². The predicted octanol–water partition coefficient (Wildman–Crippen LogP) is 2.84. The van der Waals surface area contributed by atoms with Crippen LogP contribution < -0.4 is 5.32 Å². The summed E-state index contributed by atoms with van der Waals surface area (Å²) in [6.45, 7) is 7.40. The molecule has 1 fully saturated rings. The van der Waals surface area contributed by atoms with Gasteiger partial charge in [0.25, 0.3) is 5.69 Å². The molecule has 0 bridgehead atoms. The number of hydrogen-bond donors (Lipinski definition) is 1. The summed E-state index contributed by atoms with van der Waals surface area (Å²) in [5, 5.41) is 14.2. The van der Waals surface area contributed by atoms with Crippen LogP contribution in [0.4, 0.5) is 5.69 Å². The molecule has 0 unspecified atom stereocenters. The van der Waals surface area contributed by atoms with E-state index in [1.807, 2.05) is 13.8 Å². The number of carbonyl (C=O) groups is 1. The molecule has 0 aliphatic carbocycles. The van der Waals surface area contributed by atoms with Crippen LogP contribution in [0.3, 0.4) is 0 Å². The average molecular weight is 306 g/mol. The number of aryl methyl sites for hydroxylation is 1. The molecule has 0 amide bonds. The monoisotopic (exact) mass is 306 g/mol. The molecule has 1 aliphatic heterocycles. The zero-order valence-electron chi connectivity index (χ0n) is 13.2. The Bertz CT molecular complexity index is 578. The Hall–Kier alpha value is -1.95. The largest absolute Gasteiger partial charge is 0.456 e. The summed E-state index contributed by atoms with van der Waals surface area (Å²) in [6.07, 6.45) is 1.91. The molecule has 2 rings (SSSR count).